The Morgan fingerprint density at radius 1 is 1.19 bits per heavy atom. The summed E-state index contributed by atoms with van der Waals surface area (Å²) in [6, 6.07) is 6.41. The molecule has 0 saturated heterocycles. The largest absolute Gasteiger partial charge is 0.293 e. The molecule has 0 unspecified atom stereocenters. The van der Waals surface area contributed by atoms with Gasteiger partial charge in [0, 0.05) is 18.0 Å². The van der Waals surface area contributed by atoms with Gasteiger partial charge in [0.2, 0.25) is 11.0 Å². The predicted octanol–water partition coefficient (Wildman–Crippen LogP) is 4.30. The van der Waals surface area contributed by atoms with Crippen molar-refractivity contribution in [3.05, 3.63) is 34.9 Å². The summed E-state index contributed by atoms with van der Waals surface area (Å²) in [6.07, 6.45) is 7.19. The lowest BCUT2D eigenvalue weighted by molar-refractivity contribution is -0.118. The Bertz CT molecular complexity index is 861. The van der Waals surface area contributed by atoms with Crippen LogP contribution in [0.4, 0.5) is 5.13 Å². The summed E-state index contributed by atoms with van der Waals surface area (Å²) < 4.78 is 0.742. The fourth-order valence-corrected chi connectivity index (χ4v) is 5.27. The van der Waals surface area contributed by atoms with Gasteiger partial charge in [-0.1, -0.05) is 42.2 Å². The van der Waals surface area contributed by atoms with E-state index in [1.165, 1.54) is 47.1 Å². The van der Waals surface area contributed by atoms with Crippen LogP contribution in [0.3, 0.4) is 0 Å². The van der Waals surface area contributed by atoms with Crippen molar-refractivity contribution in [3.63, 3.8) is 0 Å². The van der Waals surface area contributed by atoms with E-state index in [9.17, 15) is 9.59 Å². The Kier molecular flexibility index (Phi) is 5.59. The number of Topliss-reactive ketones (excluding diaryl/α,β-unsaturated/α-hetero) is 1. The van der Waals surface area contributed by atoms with Gasteiger partial charge in [0.25, 0.3) is 0 Å². The predicted molar refractivity (Wildman–Crippen MR) is 109 cm³/mol. The van der Waals surface area contributed by atoms with Gasteiger partial charge in [0.1, 0.15) is 0 Å². The Balaban J connectivity index is 1.39. The van der Waals surface area contributed by atoms with Crippen LogP contribution < -0.4 is 4.90 Å². The molecule has 0 aliphatic heterocycles. The number of thioether (sulfide) groups is 1. The van der Waals surface area contributed by atoms with Crippen molar-refractivity contribution in [2.45, 2.75) is 62.3 Å². The van der Waals surface area contributed by atoms with Gasteiger partial charge in [-0.05, 0) is 55.7 Å². The van der Waals surface area contributed by atoms with Crippen LogP contribution in [0.15, 0.2) is 22.5 Å². The molecule has 2 aromatic rings. The average molecular weight is 402 g/mol. The lowest BCUT2D eigenvalue weighted by Crippen LogP contribution is -2.32. The quantitative estimate of drug-likeness (QED) is 0.393. The van der Waals surface area contributed by atoms with E-state index < -0.39 is 0 Å². The Morgan fingerprint density at radius 3 is 2.70 bits per heavy atom. The molecule has 2 aliphatic rings. The van der Waals surface area contributed by atoms with E-state index in [4.69, 9.17) is 0 Å². The van der Waals surface area contributed by atoms with E-state index in [2.05, 4.69) is 22.3 Å². The number of anilines is 1. The fourth-order valence-electron chi connectivity index (χ4n) is 3.45. The number of nitrogens with zero attached hydrogens (tertiary/aromatic N) is 3. The van der Waals surface area contributed by atoms with Crippen molar-refractivity contribution in [2.24, 2.45) is 0 Å². The molecule has 1 fully saturated rings. The summed E-state index contributed by atoms with van der Waals surface area (Å²) in [5.74, 6) is 0.558. The molecule has 5 nitrogen and oxygen atoms in total. The number of ketones is 1. The van der Waals surface area contributed by atoms with E-state index >= 15 is 0 Å². The van der Waals surface area contributed by atoms with Crippen LogP contribution in [0.2, 0.25) is 0 Å². The van der Waals surface area contributed by atoms with Crippen LogP contribution in [-0.2, 0) is 17.6 Å². The first-order valence-corrected chi connectivity index (χ1v) is 11.4. The lowest BCUT2D eigenvalue weighted by atomic mass is 9.90. The van der Waals surface area contributed by atoms with Crippen LogP contribution in [0.5, 0.6) is 0 Å². The Hall–Kier alpha value is -1.73. The number of fused-ring (bicyclic) bond motifs is 1. The first-order valence-electron chi connectivity index (χ1n) is 9.59. The SMILES string of the molecule is CCC(=O)N(c1nnc(SCC(=O)c2ccc3c(c2)CCCC3)s1)C1CC1. The molecule has 7 heteroatoms. The minimum Gasteiger partial charge on any atom is -0.293 e. The highest BCUT2D eigenvalue weighted by molar-refractivity contribution is 8.01. The summed E-state index contributed by atoms with van der Waals surface area (Å²) >= 11 is 2.81. The smallest absolute Gasteiger partial charge is 0.228 e. The maximum absolute atomic E-state index is 12.6. The second kappa shape index (κ2) is 8.10. The van der Waals surface area contributed by atoms with Crippen molar-refractivity contribution in [3.8, 4) is 0 Å². The highest BCUT2D eigenvalue weighted by Crippen LogP contribution is 2.36. The third-order valence-electron chi connectivity index (χ3n) is 5.08. The van der Waals surface area contributed by atoms with E-state index in [1.54, 1.807) is 4.90 Å². The van der Waals surface area contributed by atoms with E-state index in [1.807, 2.05) is 13.0 Å². The van der Waals surface area contributed by atoms with Gasteiger partial charge in [0.15, 0.2) is 10.1 Å². The molecule has 1 aromatic heterocycles. The van der Waals surface area contributed by atoms with Crippen molar-refractivity contribution >= 4 is 39.9 Å². The maximum atomic E-state index is 12.6. The van der Waals surface area contributed by atoms with Crippen molar-refractivity contribution < 1.29 is 9.59 Å². The summed E-state index contributed by atoms with van der Waals surface area (Å²) in [7, 11) is 0. The second-order valence-electron chi connectivity index (χ2n) is 7.10. The van der Waals surface area contributed by atoms with Gasteiger partial charge in [-0.15, -0.1) is 10.2 Å². The highest BCUT2D eigenvalue weighted by Gasteiger charge is 2.35. The zero-order chi connectivity index (χ0) is 18.8. The number of benzene rings is 1. The van der Waals surface area contributed by atoms with Gasteiger partial charge in [0.05, 0.1) is 5.75 Å². The number of rotatable bonds is 7. The molecule has 0 radical (unpaired) electrons. The third kappa shape index (κ3) is 4.24. The number of carbonyl (C=O) groups excluding carboxylic acids is 2. The fraction of sp³-hybridized carbons (Fsp3) is 0.500. The second-order valence-corrected chi connectivity index (χ2v) is 9.28. The minimum atomic E-state index is 0.0929. The topological polar surface area (TPSA) is 63.2 Å². The number of carbonyl (C=O) groups is 2. The van der Waals surface area contributed by atoms with Crippen LogP contribution in [-0.4, -0.2) is 33.7 Å². The number of hydrogen-bond acceptors (Lipinski definition) is 6. The van der Waals surface area contributed by atoms with Gasteiger partial charge in [-0.3, -0.25) is 14.5 Å². The van der Waals surface area contributed by atoms with Crippen molar-refractivity contribution in [1.82, 2.24) is 10.2 Å². The summed E-state index contributed by atoms with van der Waals surface area (Å²) in [6.45, 7) is 1.87. The Morgan fingerprint density at radius 2 is 1.96 bits per heavy atom. The highest BCUT2D eigenvalue weighted by atomic mass is 32.2. The molecule has 0 spiro atoms. The van der Waals surface area contributed by atoms with Crippen LogP contribution in [0, 0.1) is 0 Å². The molecule has 1 amide bonds. The first kappa shape index (κ1) is 18.6. The van der Waals surface area contributed by atoms with Crippen molar-refractivity contribution in [2.75, 3.05) is 10.7 Å². The lowest BCUT2D eigenvalue weighted by Gasteiger charge is -2.17. The molecule has 142 valence electrons. The molecule has 4 rings (SSSR count). The molecule has 0 atom stereocenters. The Labute approximate surface area is 167 Å². The molecule has 1 aromatic carbocycles. The summed E-state index contributed by atoms with van der Waals surface area (Å²) in [4.78, 5) is 26.5. The molecule has 0 N–H and O–H groups in total. The van der Waals surface area contributed by atoms with Crippen LogP contribution in [0.1, 0.15) is 60.5 Å². The molecule has 2 aliphatic carbocycles. The van der Waals surface area contributed by atoms with Gasteiger partial charge < -0.3 is 0 Å². The van der Waals surface area contributed by atoms with Gasteiger partial charge in [-0.2, -0.15) is 0 Å². The summed E-state index contributed by atoms with van der Waals surface area (Å²) in [5.41, 5.74) is 3.50. The van der Waals surface area contributed by atoms with Crippen molar-refractivity contribution in [1.29, 1.82) is 0 Å². The molecular weight excluding hydrogens is 378 g/mol. The first-order chi connectivity index (χ1) is 13.2. The monoisotopic (exact) mass is 401 g/mol. The third-order valence-corrected chi connectivity index (χ3v) is 7.14. The van der Waals surface area contributed by atoms with E-state index in [-0.39, 0.29) is 17.7 Å². The molecule has 1 heterocycles. The number of aromatic nitrogens is 2. The van der Waals surface area contributed by atoms with Gasteiger partial charge >= 0.3 is 0 Å². The van der Waals surface area contributed by atoms with Gasteiger partial charge in [-0.25, -0.2) is 0 Å². The standard InChI is InChI=1S/C20H23N3O2S2/c1-2-18(25)23(16-9-10-16)19-21-22-20(27-19)26-12-17(24)15-8-7-13-5-3-4-6-14(13)11-15/h7-8,11,16H,2-6,9-10,12H2,1H3. The molecular formula is C20H23N3O2S2. The van der Waals surface area contributed by atoms with E-state index in [0.29, 0.717) is 17.3 Å². The average Bonchev–Trinajstić information content (AvgIpc) is 3.43. The molecule has 1 saturated carbocycles. The van der Waals surface area contributed by atoms with Crippen LogP contribution >= 0.6 is 23.1 Å². The number of aryl methyl sites for hydroxylation is 2. The zero-order valence-corrected chi connectivity index (χ0v) is 17.1. The summed E-state index contributed by atoms with van der Waals surface area (Å²) in [5, 5.41) is 9.04. The van der Waals surface area contributed by atoms with Crippen LogP contribution in [0.25, 0.3) is 0 Å². The minimum absolute atomic E-state index is 0.0929. The zero-order valence-electron chi connectivity index (χ0n) is 15.4. The van der Waals surface area contributed by atoms with E-state index in [0.717, 1.165) is 35.6 Å². The molecule has 27 heavy (non-hydrogen) atoms. The molecule has 0 bridgehead atoms. The number of hydrogen-bond donors (Lipinski definition) is 0. The normalized spacial score (nSPS) is 16.0. The number of amides is 1. The maximum Gasteiger partial charge on any atom is 0.228 e.